The molecule has 2 heterocycles. The van der Waals surface area contributed by atoms with E-state index < -0.39 is 18.1 Å². The predicted octanol–water partition coefficient (Wildman–Crippen LogP) is 3.54. The van der Waals surface area contributed by atoms with Gasteiger partial charge in [-0.3, -0.25) is 19.5 Å². The number of rotatable bonds is 6. The molecule has 1 unspecified atom stereocenters. The first-order valence-electron chi connectivity index (χ1n) is 11.3. The van der Waals surface area contributed by atoms with Gasteiger partial charge in [0.2, 0.25) is 5.91 Å². The molecule has 3 aromatic rings. The minimum Gasteiger partial charge on any atom is -0.497 e. The summed E-state index contributed by atoms with van der Waals surface area (Å²) < 4.78 is 42.8. The van der Waals surface area contributed by atoms with Crippen molar-refractivity contribution in [2.75, 3.05) is 33.2 Å². The van der Waals surface area contributed by atoms with Gasteiger partial charge >= 0.3 is 12.1 Å². The van der Waals surface area contributed by atoms with Crippen LogP contribution < -0.4 is 14.8 Å². The van der Waals surface area contributed by atoms with E-state index >= 15 is 0 Å². The average molecular weight is 550 g/mol. The monoisotopic (exact) mass is 550 g/mol. The number of aromatic nitrogens is 2. The molecule has 0 spiro atoms. The Balaban J connectivity index is 0.000000532. The van der Waals surface area contributed by atoms with E-state index in [0.717, 1.165) is 27.5 Å². The highest BCUT2D eigenvalue weighted by Gasteiger charge is 2.38. The molecule has 0 bridgehead atoms. The van der Waals surface area contributed by atoms with Crippen LogP contribution in [0.1, 0.15) is 15.9 Å². The first-order chi connectivity index (χ1) is 18.4. The number of fused-ring (bicyclic) bond motifs is 1. The molecule has 0 fully saturated rings. The Morgan fingerprint density at radius 3 is 2.46 bits per heavy atom. The zero-order chi connectivity index (χ0) is 28.7. The molecule has 11 nitrogen and oxygen atoms in total. The molecule has 0 saturated carbocycles. The lowest BCUT2D eigenvalue weighted by atomic mass is 9.95. The number of aromatic amines is 1. The number of aliphatic carboxylic acids is 1. The Hall–Kier alpha value is -4.59. The van der Waals surface area contributed by atoms with E-state index in [2.05, 4.69) is 15.5 Å². The van der Waals surface area contributed by atoms with Crippen LogP contribution >= 0.6 is 0 Å². The van der Waals surface area contributed by atoms with E-state index in [1.165, 1.54) is 14.2 Å². The minimum atomic E-state index is -5.08. The molecular weight excluding hydrogens is 525 g/mol. The standard InChI is InChI=1S/C23H24N4O5.C2HF3O2/c1-27(31-3)23(29)19-10-14(17-11-24-25-12-17)4-6-20(19)26-22(28)16-8-15-9-18(30-2)5-7-21(15)32-13-16;3-2(4,5)1(6)7/h4-7,9-12,16H,8,13H2,1-3H3,(H,24,25)(H,26,28);(H,6,7). The number of carbonyl (C=O) groups is 3. The molecule has 208 valence electrons. The van der Waals surface area contributed by atoms with Crippen molar-refractivity contribution in [3.8, 4) is 22.6 Å². The van der Waals surface area contributed by atoms with Crippen molar-refractivity contribution < 1.29 is 47.0 Å². The lowest BCUT2D eigenvalue weighted by Crippen LogP contribution is -2.33. The average Bonchev–Trinajstić information content (AvgIpc) is 3.46. The van der Waals surface area contributed by atoms with Gasteiger partial charge in [0.25, 0.3) is 5.91 Å². The number of hydrogen-bond acceptors (Lipinski definition) is 7. The topological polar surface area (TPSA) is 143 Å². The molecule has 1 aromatic heterocycles. The summed E-state index contributed by atoms with van der Waals surface area (Å²) in [7, 11) is 4.51. The summed E-state index contributed by atoms with van der Waals surface area (Å²) in [6.07, 6.45) is -1.19. The second-order valence-electron chi connectivity index (χ2n) is 8.21. The van der Waals surface area contributed by atoms with Crippen LogP contribution in [0.2, 0.25) is 0 Å². The maximum absolute atomic E-state index is 13.1. The molecule has 3 N–H and O–H groups in total. The molecule has 2 aromatic carbocycles. The van der Waals surface area contributed by atoms with E-state index in [0.29, 0.717) is 23.4 Å². The van der Waals surface area contributed by atoms with Crippen molar-refractivity contribution in [3.05, 3.63) is 59.9 Å². The SMILES string of the molecule is COc1ccc2c(c1)CC(C(=O)Nc1ccc(-c3cn[nH]c3)cc1C(=O)N(C)OC)CO2.O=C(O)C(F)(F)F. The summed E-state index contributed by atoms with van der Waals surface area (Å²) >= 11 is 0. The number of halogens is 3. The number of carboxylic acid groups (broad SMARTS) is 1. The Labute approximate surface area is 220 Å². The van der Waals surface area contributed by atoms with Crippen LogP contribution in [0.15, 0.2) is 48.8 Å². The summed E-state index contributed by atoms with van der Waals surface area (Å²) in [5.74, 6) is -2.33. The fraction of sp³-hybridized carbons (Fsp3) is 0.280. The zero-order valence-electron chi connectivity index (χ0n) is 21.0. The smallest absolute Gasteiger partial charge is 0.490 e. The molecule has 1 aliphatic heterocycles. The van der Waals surface area contributed by atoms with E-state index in [-0.39, 0.29) is 18.4 Å². The van der Waals surface area contributed by atoms with Gasteiger partial charge in [0.15, 0.2) is 0 Å². The number of carbonyl (C=O) groups excluding carboxylic acids is 2. The molecule has 2 amide bonds. The maximum atomic E-state index is 13.1. The summed E-state index contributed by atoms with van der Waals surface area (Å²) in [4.78, 5) is 39.9. The van der Waals surface area contributed by atoms with E-state index in [1.807, 2.05) is 24.3 Å². The summed E-state index contributed by atoms with van der Waals surface area (Å²) in [5, 5.41) is 17.8. The van der Waals surface area contributed by atoms with Gasteiger partial charge < -0.3 is 19.9 Å². The van der Waals surface area contributed by atoms with Crippen LogP contribution in [-0.2, 0) is 20.8 Å². The largest absolute Gasteiger partial charge is 0.497 e. The van der Waals surface area contributed by atoms with Crippen LogP contribution in [-0.4, -0.2) is 72.2 Å². The molecule has 1 aliphatic rings. The quantitative estimate of drug-likeness (QED) is 0.396. The van der Waals surface area contributed by atoms with Crippen LogP contribution in [0.5, 0.6) is 11.5 Å². The van der Waals surface area contributed by atoms with Gasteiger partial charge in [-0.25, -0.2) is 9.86 Å². The first kappa shape index (κ1) is 29.0. The molecule has 0 radical (unpaired) electrons. The second-order valence-corrected chi connectivity index (χ2v) is 8.21. The van der Waals surface area contributed by atoms with Crippen molar-refractivity contribution in [1.82, 2.24) is 15.3 Å². The van der Waals surface area contributed by atoms with Crippen molar-refractivity contribution in [2.45, 2.75) is 12.6 Å². The highest BCUT2D eigenvalue weighted by Crippen LogP contribution is 2.32. The van der Waals surface area contributed by atoms with Gasteiger partial charge in [0, 0.05) is 18.8 Å². The normalized spacial score (nSPS) is 14.2. The van der Waals surface area contributed by atoms with E-state index in [4.69, 9.17) is 24.2 Å². The van der Waals surface area contributed by atoms with Crippen LogP contribution in [0.25, 0.3) is 11.1 Å². The highest BCUT2D eigenvalue weighted by atomic mass is 19.4. The van der Waals surface area contributed by atoms with Gasteiger partial charge in [0.05, 0.1) is 37.6 Å². The predicted molar refractivity (Wildman–Crippen MR) is 131 cm³/mol. The molecule has 4 rings (SSSR count). The van der Waals surface area contributed by atoms with Gasteiger partial charge in [-0.1, -0.05) is 6.07 Å². The van der Waals surface area contributed by atoms with Crippen molar-refractivity contribution in [2.24, 2.45) is 5.92 Å². The number of anilines is 1. The maximum Gasteiger partial charge on any atom is 0.490 e. The number of nitrogens with one attached hydrogen (secondary N) is 2. The number of H-pyrrole nitrogens is 1. The number of carboxylic acids is 1. The van der Waals surface area contributed by atoms with Crippen molar-refractivity contribution in [3.63, 3.8) is 0 Å². The number of hydrogen-bond donors (Lipinski definition) is 3. The van der Waals surface area contributed by atoms with Crippen LogP contribution in [0.3, 0.4) is 0 Å². The van der Waals surface area contributed by atoms with Crippen LogP contribution in [0, 0.1) is 5.92 Å². The van der Waals surface area contributed by atoms with Gasteiger partial charge in [0.1, 0.15) is 18.1 Å². The first-order valence-corrected chi connectivity index (χ1v) is 11.3. The summed E-state index contributed by atoms with van der Waals surface area (Å²) in [5.41, 5.74) is 3.21. The third-order valence-corrected chi connectivity index (χ3v) is 5.69. The Bertz CT molecular complexity index is 1330. The van der Waals surface area contributed by atoms with Gasteiger partial charge in [-0.2, -0.15) is 18.3 Å². The van der Waals surface area contributed by atoms with Crippen molar-refractivity contribution >= 4 is 23.5 Å². The molecule has 0 aliphatic carbocycles. The lowest BCUT2D eigenvalue weighted by Gasteiger charge is -2.25. The minimum absolute atomic E-state index is 0.233. The molecule has 1 atom stereocenters. The summed E-state index contributed by atoms with van der Waals surface area (Å²) in [6.45, 7) is 0.250. The van der Waals surface area contributed by atoms with Crippen LogP contribution in [0.4, 0.5) is 18.9 Å². The summed E-state index contributed by atoms with van der Waals surface area (Å²) in [6, 6.07) is 10.8. The Kier molecular flexibility index (Phi) is 9.14. The zero-order valence-corrected chi connectivity index (χ0v) is 21.0. The highest BCUT2D eigenvalue weighted by molar-refractivity contribution is 6.04. The molecule has 39 heavy (non-hydrogen) atoms. The van der Waals surface area contributed by atoms with Crippen molar-refractivity contribution in [1.29, 1.82) is 0 Å². The number of amides is 2. The number of ether oxygens (including phenoxy) is 2. The Morgan fingerprint density at radius 1 is 1.15 bits per heavy atom. The second kappa shape index (κ2) is 12.3. The third-order valence-electron chi connectivity index (χ3n) is 5.69. The number of hydroxylamine groups is 2. The number of methoxy groups -OCH3 is 1. The van der Waals surface area contributed by atoms with E-state index in [1.54, 1.807) is 31.6 Å². The fourth-order valence-electron chi connectivity index (χ4n) is 3.57. The number of alkyl halides is 3. The van der Waals surface area contributed by atoms with Gasteiger partial charge in [-0.15, -0.1) is 0 Å². The van der Waals surface area contributed by atoms with Gasteiger partial charge in [-0.05, 0) is 47.9 Å². The third kappa shape index (κ3) is 7.25. The molecule has 0 saturated heterocycles. The lowest BCUT2D eigenvalue weighted by molar-refractivity contribution is -0.192. The fourth-order valence-corrected chi connectivity index (χ4v) is 3.57. The molecule has 14 heteroatoms. The number of benzene rings is 2. The number of nitrogens with zero attached hydrogens (tertiary/aromatic N) is 2. The van der Waals surface area contributed by atoms with E-state index in [9.17, 15) is 22.8 Å². The Morgan fingerprint density at radius 2 is 1.87 bits per heavy atom. The molecular formula is C25H25F3N4O7.